The van der Waals surface area contributed by atoms with Gasteiger partial charge in [0.15, 0.2) is 0 Å². The van der Waals surface area contributed by atoms with E-state index >= 15 is 0 Å². The fourth-order valence-electron chi connectivity index (χ4n) is 2.56. The van der Waals surface area contributed by atoms with Crippen molar-refractivity contribution in [3.63, 3.8) is 0 Å². The first kappa shape index (κ1) is 11.2. The van der Waals surface area contributed by atoms with E-state index in [4.69, 9.17) is 0 Å². The molecule has 1 N–H and O–H groups in total. The van der Waals surface area contributed by atoms with Gasteiger partial charge < -0.3 is 9.38 Å². The lowest BCUT2D eigenvalue weighted by Crippen LogP contribution is -1.81. The van der Waals surface area contributed by atoms with Gasteiger partial charge in [-0.25, -0.2) is 9.37 Å². The summed E-state index contributed by atoms with van der Waals surface area (Å²) < 4.78 is 15.0. The summed E-state index contributed by atoms with van der Waals surface area (Å²) in [6, 6.07) is 10.6. The van der Waals surface area contributed by atoms with E-state index in [1.807, 2.05) is 29.8 Å². The number of aromatic amines is 1. The maximum Gasteiger partial charge on any atom is 0.146 e. The van der Waals surface area contributed by atoms with E-state index in [2.05, 4.69) is 16.0 Å². The van der Waals surface area contributed by atoms with Gasteiger partial charge in [0.05, 0.1) is 11.2 Å². The highest BCUT2D eigenvalue weighted by Crippen LogP contribution is 2.26. The highest BCUT2D eigenvalue weighted by atomic mass is 19.1. The standard InChI is InChI=1S/C16H12FN3/c1-10-9-20-7-6-14-13(16(20)18-10)8-15(19-14)11-2-4-12(17)5-3-11/h2-9,19H,1H3. The third kappa shape index (κ3) is 1.61. The highest BCUT2D eigenvalue weighted by molar-refractivity contribution is 5.95. The van der Waals surface area contributed by atoms with Crippen LogP contribution >= 0.6 is 0 Å². The number of aryl methyl sites for hydroxylation is 1. The van der Waals surface area contributed by atoms with E-state index < -0.39 is 0 Å². The van der Waals surface area contributed by atoms with Gasteiger partial charge in [-0.15, -0.1) is 0 Å². The normalized spacial score (nSPS) is 11.5. The molecule has 3 heterocycles. The van der Waals surface area contributed by atoms with Crippen molar-refractivity contribution < 1.29 is 4.39 Å². The van der Waals surface area contributed by atoms with Crippen molar-refractivity contribution in [1.82, 2.24) is 14.4 Å². The molecule has 0 radical (unpaired) electrons. The van der Waals surface area contributed by atoms with Crippen LogP contribution in [0.5, 0.6) is 0 Å². The van der Waals surface area contributed by atoms with Crippen LogP contribution in [0.1, 0.15) is 5.69 Å². The van der Waals surface area contributed by atoms with Crippen LogP contribution in [0.2, 0.25) is 0 Å². The van der Waals surface area contributed by atoms with Gasteiger partial charge in [-0.05, 0) is 48.9 Å². The Hall–Kier alpha value is -2.62. The fraction of sp³-hybridized carbons (Fsp3) is 0.0625. The molecule has 3 aromatic heterocycles. The molecule has 0 fully saturated rings. The Bertz CT molecular complexity index is 916. The summed E-state index contributed by atoms with van der Waals surface area (Å²) in [5.74, 6) is -0.226. The quantitative estimate of drug-likeness (QED) is 0.555. The van der Waals surface area contributed by atoms with Crippen molar-refractivity contribution >= 4 is 16.6 Å². The van der Waals surface area contributed by atoms with Gasteiger partial charge in [-0.2, -0.15) is 0 Å². The van der Waals surface area contributed by atoms with Crippen LogP contribution < -0.4 is 0 Å². The van der Waals surface area contributed by atoms with Crippen LogP contribution in [-0.2, 0) is 0 Å². The molecule has 0 saturated heterocycles. The van der Waals surface area contributed by atoms with Crippen molar-refractivity contribution in [1.29, 1.82) is 0 Å². The summed E-state index contributed by atoms with van der Waals surface area (Å²) in [5, 5.41) is 1.07. The zero-order valence-electron chi connectivity index (χ0n) is 10.9. The smallest absolute Gasteiger partial charge is 0.146 e. The molecule has 0 aliphatic carbocycles. The number of nitrogens with zero attached hydrogens (tertiary/aromatic N) is 2. The molecule has 0 spiro atoms. The zero-order valence-corrected chi connectivity index (χ0v) is 10.9. The first-order valence-electron chi connectivity index (χ1n) is 6.44. The molecule has 98 valence electrons. The summed E-state index contributed by atoms with van der Waals surface area (Å²) in [7, 11) is 0. The number of fused-ring (bicyclic) bond motifs is 3. The molecule has 0 saturated carbocycles. The van der Waals surface area contributed by atoms with Crippen molar-refractivity contribution in [3.8, 4) is 11.3 Å². The minimum absolute atomic E-state index is 0.226. The number of rotatable bonds is 1. The van der Waals surface area contributed by atoms with Crippen LogP contribution in [0.25, 0.3) is 27.8 Å². The van der Waals surface area contributed by atoms with Gasteiger partial charge in [0.25, 0.3) is 0 Å². The Kier molecular flexibility index (Phi) is 2.21. The van der Waals surface area contributed by atoms with Gasteiger partial charge in [-0.3, -0.25) is 0 Å². The number of imidazole rings is 1. The van der Waals surface area contributed by atoms with E-state index in [0.29, 0.717) is 0 Å². The Balaban J connectivity index is 1.98. The lowest BCUT2D eigenvalue weighted by Gasteiger charge is -1.96. The summed E-state index contributed by atoms with van der Waals surface area (Å²) >= 11 is 0. The third-order valence-electron chi connectivity index (χ3n) is 3.50. The first-order valence-corrected chi connectivity index (χ1v) is 6.44. The van der Waals surface area contributed by atoms with Crippen LogP contribution in [0.4, 0.5) is 4.39 Å². The number of halogens is 1. The van der Waals surface area contributed by atoms with E-state index in [9.17, 15) is 4.39 Å². The predicted molar refractivity (Wildman–Crippen MR) is 77.2 cm³/mol. The fourth-order valence-corrected chi connectivity index (χ4v) is 2.56. The Morgan fingerprint density at radius 2 is 1.95 bits per heavy atom. The minimum atomic E-state index is -0.226. The lowest BCUT2D eigenvalue weighted by atomic mass is 10.1. The molecule has 0 atom stereocenters. The van der Waals surface area contributed by atoms with E-state index in [0.717, 1.165) is 33.5 Å². The summed E-state index contributed by atoms with van der Waals surface area (Å²) in [4.78, 5) is 7.90. The number of benzene rings is 1. The predicted octanol–water partition coefficient (Wildman–Crippen LogP) is 3.93. The van der Waals surface area contributed by atoms with Crippen LogP contribution in [0.15, 0.2) is 48.8 Å². The van der Waals surface area contributed by atoms with E-state index in [-0.39, 0.29) is 5.82 Å². The van der Waals surface area contributed by atoms with E-state index in [1.165, 1.54) is 12.1 Å². The van der Waals surface area contributed by atoms with Gasteiger partial charge in [0, 0.05) is 23.5 Å². The van der Waals surface area contributed by atoms with Gasteiger partial charge in [0.2, 0.25) is 0 Å². The van der Waals surface area contributed by atoms with Crippen molar-refractivity contribution in [2.45, 2.75) is 6.92 Å². The monoisotopic (exact) mass is 265 g/mol. The maximum atomic E-state index is 13.0. The molecular formula is C16H12FN3. The molecule has 4 rings (SSSR count). The Labute approximate surface area is 114 Å². The Morgan fingerprint density at radius 1 is 1.15 bits per heavy atom. The number of hydrogen-bond donors (Lipinski definition) is 1. The summed E-state index contributed by atoms with van der Waals surface area (Å²) in [6.45, 7) is 1.98. The van der Waals surface area contributed by atoms with Gasteiger partial charge in [0.1, 0.15) is 11.5 Å². The maximum absolute atomic E-state index is 13.0. The summed E-state index contributed by atoms with van der Waals surface area (Å²) in [6.07, 6.45) is 3.99. The first-order chi connectivity index (χ1) is 9.70. The molecule has 3 nitrogen and oxygen atoms in total. The number of pyridine rings is 1. The number of aromatic nitrogens is 3. The molecule has 0 aliphatic heterocycles. The Morgan fingerprint density at radius 3 is 2.75 bits per heavy atom. The zero-order chi connectivity index (χ0) is 13.7. The second-order valence-corrected chi connectivity index (χ2v) is 4.95. The van der Waals surface area contributed by atoms with Crippen molar-refractivity contribution in [3.05, 3.63) is 60.3 Å². The largest absolute Gasteiger partial charge is 0.354 e. The average Bonchev–Trinajstić information content (AvgIpc) is 3.01. The molecule has 0 aliphatic rings. The highest BCUT2D eigenvalue weighted by Gasteiger charge is 2.08. The second-order valence-electron chi connectivity index (χ2n) is 4.95. The minimum Gasteiger partial charge on any atom is -0.354 e. The molecule has 4 aromatic rings. The van der Waals surface area contributed by atoms with E-state index in [1.54, 1.807) is 12.1 Å². The molecule has 0 amide bonds. The molecule has 1 aromatic carbocycles. The number of H-pyrrole nitrogens is 1. The second kappa shape index (κ2) is 3.93. The topological polar surface area (TPSA) is 33.1 Å². The van der Waals surface area contributed by atoms with Crippen LogP contribution in [-0.4, -0.2) is 14.4 Å². The summed E-state index contributed by atoms with van der Waals surface area (Å²) in [5.41, 5.74) is 4.88. The van der Waals surface area contributed by atoms with Crippen molar-refractivity contribution in [2.24, 2.45) is 0 Å². The number of nitrogens with one attached hydrogen (secondary N) is 1. The van der Waals surface area contributed by atoms with Gasteiger partial charge in [-0.1, -0.05) is 0 Å². The lowest BCUT2D eigenvalue weighted by molar-refractivity contribution is 0.628. The molecule has 0 unspecified atom stereocenters. The molecule has 4 heteroatoms. The van der Waals surface area contributed by atoms with Crippen LogP contribution in [0, 0.1) is 12.7 Å². The average molecular weight is 265 g/mol. The molecule has 0 bridgehead atoms. The molecule has 20 heavy (non-hydrogen) atoms. The van der Waals surface area contributed by atoms with Crippen molar-refractivity contribution in [2.75, 3.05) is 0 Å². The van der Waals surface area contributed by atoms with Crippen LogP contribution in [0.3, 0.4) is 0 Å². The third-order valence-corrected chi connectivity index (χ3v) is 3.50. The SMILES string of the molecule is Cc1cn2ccc3[nH]c(-c4ccc(F)cc4)cc3c2n1. The van der Waals surface area contributed by atoms with Gasteiger partial charge >= 0.3 is 0 Å². The molecular weight excluding hydrogens is 253 g/mol. The number of hydrogen-bond acceptors (Lipinski definition) is 1.